The van der Waals surface area contributed by atoms with Crippen molar-refractivity contribution in [3.63, 3.8) is 0 Å². The molecule has 0 saturated carbocycles. The van der Waals surface area contributed by atoms with Crippen molar-refractivity contribution in [3.05, 3.63) is 33.9 Å². The van der Waals surface area contributed by atoms with E-state index in [1.165, 1.54) is 7.11 Å². The lowest BCUT2D eigenvalue weighted by molar-refractivity contribution is -0.385. The molecule has 0 aliphatic rings. The van der Waals surface area contributed by atoms with Crippen LogP contribution in [0.4, 0.5) is 5.69 Å². The van der Waals surface area contributed by atoms with E-state index in [4.69, 9.17) is 4.74 Å². The van der Waals surface area contributed by atoms with Crippen LogP contribution in [-0.2, 0) is 6.54 Å². The van der Waals surface area contributed by atoms with E-state index in [0.29, 0.717) is 12.3 Å². The summed E-state index contributed by atoms with van der Waals surface area (Å²) in [5.41, 5.74) is 0.902. The Bertz CT molecular complexity index is 366. The van der Waals surface area contributed by atoms with Gasteiger partial charge >= 0.3 is 5.69 Å². The van der Waals surface area contributed by atoms with Gasteiger partial charge in [-0.3, -0.25) is 10.1 Å². The summed E-state index contributed by atoms with van der Waals surface area (Å²) in [4.78, 5) is 10.3. The van der Waals surface area contributed by atoms with Crippen LogP contribution in [0.15, 0.2) is 18.2 Å². The third-order valence-corrected chi connectivity index (χ3v) is 2.20. The predicted molar refractivity (Wildman–Crippen MR) is 61.6 cm³/mol. The second-order valence-corrected chi connectivity index (χ2v) is 3.44. The number of nitro benzene ring substituents is 1. The van der Waals surface area contributed by atoms with Crippen molar-refractivity contribution in [2.45, 2.75) is 19.9 Å². The van der Waals surface area contributed by atoms with Crippen molar-refractivity contribution in [3.8, 4) is 5.75 Å². The number of methoxy groups -OCH3 is 1. The number of hydrogen-bond donors (Lipinski definition) is 1. The van der Waals surface area contributed by atoms with Gasteiger partial charge in [0.1, 0.15) is 0 Å². The van der Waals surface area contributed by atoms with E-state index < -0.39 is 4.92 Å². The molecule has 0 amide bonds. The number of ether oxygens (including phenoxy) is 1. The first-order valence-electron chi connectivity index (χ1n) is 5.21. The number of benzene rings is 1. The fourth-order valence-corrected chi connectivity index (χ4v) is 1.40. The van der Waals surface area contributed by atoms with E-state index in [1.807, 2.05) is 6.07 Å². The van der Waals surface area contributed by atoms with E-state index in [-0.39, 0.29) is 5.69 Å². The molecule has 0 radical (unpaired) electrons. The Balaban J connectivity index is 2.81. The smallest absolute Gasteiger partial charge is 0.311 e. The summed E-state index contributed by atoms with van der Waals surface area (Å²) in [5, 5.41) is 14.0. The quantitative estimate of drug-likeness (QED) is 0.456. The summed E-state index contributed by atoms with van der Waals surface area (Å²) >= 11 is 0. The zero-order valence-corrected chi connectivity index (χ0v) is 9.53. The van der Waals surface area contributed by atoms with Gasteiger partial charge in [-0.2, -0.15) is 0 Å². The van der Waals surface area contributed by atoms with Crippen molar-refractivity contribution in [1.29, 1.82) is 0 Å². The number of nitrogens with one attached hydrogen (secondary N) is 1. The largest absolute Gasteiger partial charge is 0.490 e. The fourth-order valence-electron chi connectivity index (χ4n) is 1.40. The first-order chi connectivity index (χ1) is 7.69. The Morgan fingerprint density at radius 3 is 2.81 bits per heavy atom. The Morgan fingerprint density at radius 1 is 1.50 bits per heavy atom. The van der Waals surface area contributed by atoms with Gasteiger partial charge in [-0.1, -0.05) is 13.0 Å². The van der Waals surface area contributed by atoms with Crippen LogP contribution >= 0.6 is 0 Å². The van der Waals surface area contributed by atoms with Crippen LogP contribution in [0.1, 0.15) is 18.9 Å². The molecular formula is C11H16N2O3. The highest BCUT2D eigenvalue weighted by Gasteiger charge is 2.14. The molecule has 1 aromatic rings. The Morgan fingerprint density at radius 2 is 2.25 bits per heavy atom. The molecule has 0 aromatic heterocycles. The maximum absolute atomic E-state index is 10.8. The van der Waals surface area contributed by atoms with E-state index in [9.17, 15) is 10.1 Å². The van der Waals surface area contributed by atoms with E-state index in [2.05, 4.69) is 12.2 Å². The monoisotopic (exact) mass is 224 g/mol. The summed E-state index contributed by atoms with van der Waals surface area (Å²) in [6, 6.07) is 5.00. The van der Waals surface area contributed by atoms with E-state index >= 15 is 0 Å². The van der Waals surface area contributed by atoms with Gasteiger partial charge in [-0.05, 0) is 24.6 Å². The molecule has 0 saturated heterocycles. The third kappa shape index (κ3) is 3.20. The lowest BCUT2D eigenvalue weighted by atomic mass is 10.2. The molecule has 0 aliphatic carbocycles. The molecule has 0 spiro atoms. The third-order valence-electron chi connectivity index (χ3n) is 2.20. The lowest BCUT2D eigenvalue weighted by Crippen LogP contribution is -2.13. The van der Waals surface area contributed by atoms with Crippen molar-refractivity contribution in [2.75, 3.05) is 13.7 Å². The van der Waals surface area contributed by atoms with Gasteiger partial charge in [0.2, 0.25) is 0 Å². The second kappa shape index (κ2) is 6.07. The number of nitrogens with zero attached hydrogens (tertiary/aromatic N) is 1. The predicted octanol–water partition coefficient (Wildman–Crippen LogP) is 2.10. The second-order valence-electron chi connectivity index (χ2n) is 3.44. The summed E-state index contributed by atoms with van der Waals surface area (Å²) < 4.78 is 4.93. The first-order valence-corrected chi connectivity index (χ1v) is 5.21. The van der Waals surface area contributed by atoms with Gasteiger partial charge in [-0.15, -0.1) is 0 Å². The Hall–Kier alpha value is -1.62. The Kier molecular flexibility index (Phi) is 4.72. The van der Waals surface area contributed by atoms with Crippen molar-refractivity contribution < 1.29 is 9.66 Å². The molecule has 0 fully saturated rings. The van der Waals surface area contributed by atoms with Crippen LogP contribution in [0.5, 0.6) is 5.75 Å². The normalized spacial score (nSPS) is 10.1. The van der Waals surface area contributed by atoms with E-state index in [0.717, 1.165) is 18.5 Å². The highest BCUT2D eigenvalue weighted by molar-refractivity contribution is 5.48. The number of rotatable bonds is 6. The van der Waals surface area contributed by atoms with Gasteiger partial charge in [0.05, 0.1) is 12.0 Å². The number of nitro groups is 1. The minimum Gasteiger partial charge on any atom is -0.490 e. The molecule has 16 heavy (non-hydrogen) atoms. The number of hydrogen-bond acceptors (Lipinski definition) is 4. The molecule has 1 N–H and O–H groups in total. The van der Waals surface area contributed by atoms with Crippen LogP contribution in [0.25, 0.3) is 0 Å². The molecule has 88 valence electrons. The average molecular weight is 224 g/mol. The molecule has 0 unspecified atom stereocenters. The SMILES string of the molecule is CCCNCc1ccc(OC)c([N+](=O)[O-])c1. The summed E-state index contributed by atoms with van der Waals surface area (Å²) in [6.45, 7) is 3.61. The van der Waals surface area contributed by atoms with Crippen molar-refractivity contribution >= 4 is 5.69 Å². The van der Waals surface area contributed by atoms with Crippen LogP contribution in [-0.4, -0.2) is 18.6 Å². The summed E-state index contributed by atoms with van der Waals surface area (Å²) in [7, 11) is 1.43. The van der Waals surface area contributed by atoms with Gasteiger partial charge < -0.3 is 10.1 Å². The summed E-state index contributed by atoms with van der Waals surface area (Å²) in [5.74, 6) is 0.296. The highest BCUT2D eigenvalue weighted by Crippen LogP contribution is 2.27. The molecular weight excluding hydrogens is 208 g/mol. The first kappa shape index (κ1) is 12.4. The molecule has 0 atom stereocenters. The Labute approximate surface area is 94.6 Å². The summed E-state index contributed by atoms with van der Waals surface area (Å²) in [6.07, 6.45) is 1.04. The minimum absolute atomic E-state index is 0.0123. The molecule has 5 heteroatoms. The van der Waals surface area contributed by atoms with Crippen molar-refractivity contribution in [1.82, 2.24) is 5.32 Å². The molecule has 0 heterocycles. The van der Waals surface area contributed by atoms with Gasteiger partial charge in [0.15, 0.2) is 5.75 Å². The van der Waals surface area contributed by atoms with Crippen LogP contribution in [0.2, 0.25) is 0 Å². The molecule has 0 aliphatic heterocycles. The standard InChI is InChI=1S/C11H16N2O3/c1-3-6-12-8-9-4-5-11(16-2)10(7-9)13(14)15/h4-5,7,12H,3,6,8H2,1-2H3. The lowest BCUT2D eigenvalue weighted by Gasteiger charge is -2.05. The fraction of sp³-hybridized carbons (Fsp3) is 0.455. The van der Waals surface area contributed by atoms with Crippen LogP contribution in [0.3, 0.4) is 0 Å². The van der Waals surface area contributed by atoms with Crippen LogP contribution in [0, 0.1) is 10.1 Å². The van der Waals surface area contributed by atoms with E-state index in [1.54, 1.807) is 12.1 Å². The minimum atomic E-state index is -0.428. The molecule has 0 bridgehead atoms. The molecule has 1 aromatic carbocycles. The van der Waals surface area contributed by atoms with Gasteiger partial charge in [-0.25, -0.2) is 0 Å². The van der Waals surface area contributed by atoms with Crippen LogP contribution < -0.4 is 10.1 Å². The van der Waals surface area contributed by atoms with Gasteiger partial charge in [0.25, 0.3) is 0 Å². The highest BCUT2D eigenvalue weighted by atomic mass is 16.6. The molecule has 1 rings (SSSR count). The zero-order chi connectivity index (χ0) is 12.0. The molecule has 5 nitrogen and oxygen atoms in total. The average Bonchev–Trinajstić information content (AvgIpc) is 2.29. The maximum atomic E-state index is 10.8. The zero-order valence-electron chi connectivity index (χ0n) is 9.53. The maximum Gasteiger partial charge on any atom is 0.311 e. The topological polar surface area (TPSA) is 64.4 Å². The van der Waals surface area contributed by atoms with Gasteiger partial charge in [0, 0.05) is 12.6 Å². The van der Waals surface area contributed by atoms with Crippen molar-refractivity contribution in [2.24, 2.45) is 0 Å².